The number of amides is 2. The van der Waals surface area contributed by atoms with Crippen LogP contribution in [-0.2, 0) is 9.84 Å². The number of non-ortho nitro benzene ring substituents is 1. The van der Waals surface area contributed by atoms with Gasteiger partial charge in [-0.05, 0) is 36.4 Å². The predicted molar refractivity (Wildman–Crippen MR) is 105 cm³/mol. The minimum absolute atomic E-state index is 0.0711. The van der Waals surface area contributed by atoms with Crippen molar-refractivity contribution in [1.29, 1.82) is 0 Å². The average Bonchev–Trinajstić information content (AvgIpc) is 3.21. The highest BCUT2D eigenvalue weighted by Gasteiger charge is 2.13. The maximum Gasteiger partial charge on any atom is 0.272 e. The van der Waals surface area contributed by atoms with Crippen LogP contribution < -0.4 is 10.9 Å². The Balaban J connectivity index is 1.62. The van der Waals surface area contributed by atoms with Crippen LogP contribution in [0.2, 0.25) is 0 Å². The van der Waals surface area contributed by atoms with Gasteiger partial charge in [-0.3, -0.25) is 30.6 Å². The number of carbonyl (C=O) groups excluding carboxylic acids is 2. The summed E-state index contributed by atoms with van der Waals surface area (Å²) < 4.78 is 24.2. The van der Waals surface area contributed by atoms with Crippen LogP contribution >= 0.6 is 0 Å². The van der Waals surface area contributed by atoms with Gasteiger partial charge in [-0.2, -0.15) is 5.10 Å². The van der Waals surface area contributed by atoms with Crippen LogP contribution in [0, 0.1) is 10.1 Å². The minimum Gasteiger partial charge on any atom is -0.267 e. The van der Waals surface area contributed by atoms with Gasteiger partial charge in [0, 0.05) is 30.1 Å². The lowest BCUT2D eigenvalue weighted by molar-refractivity contribution is -0.384. The monoisotopic (exact) mass is 429 g/mol. The minimum atomic E-state index is -3.38. The van der Waals surface area contributed by atoms with E-state index in [1.54, 1.807) is 0 Å². The number of benzene rings is 2. The van der Waals surface area contributed by atoms with E-state index in [1.807, 2.05) is 0 Å². The molecule has 1 heterocycles. The van der Waals surface area contributed by atoms with E-state index in [0.717, 1.165) is 6.26 Å². The summed E-state index contributed by atoms with van der Waals surface area (Å²) >= 11 is 0. The molecule has 12 heteroatoms. The fraction of sp³-hybridized carbons (Fsp3) is 0.0556. The summed E-state index contributed by atoms with van der Waals surface area (Å²) in [5, 5.41) is 14.7. The first-order valence-electron chi connectivity index (χ1n) is 8.35. The Kier molecular flexibility index (Phi) is 5.60. The van der Waals surface area contributed by atoms with Gasteiger partial charge in [0.1, 0.15) is 0 Å². The summed E-state index contributed by atoms with van der Waals surface area (Å²) in [6, 6.07) is 10.8. The van der Waals surface area contributed by atoms with Gasteiger partial charge in [0.05, 0.1) is 27.3 Å². The van der Waals surface area contributed by atoms with E-state index in [4.69, 9.17) is 0 Å². The summed E-state index contributed by atoms with van der Waals surface area (Å²) in [7, 11) is -3.38. The molecule has 0 radical (unpaired) electrons. The van der Waals surface area contributed by atoms with Gasteiger partial charge in [-0.1, -0.05) is 0 Å². The predicted octanol–water partition coefficient (Wildman–Crippen LogP) is 1.26. The van der Waals surface area contributed by atoms with E-state index in [1.165, 1.54) is 65.6 Å². The molecule has 0 spiro atoms. The standard InChI is InChI=1S/C18H15N5O6S/c1-30(28,29)16-8-2-12(3-9-16)17(24)20-21-18(25)13-10-19-22(11-13)14-4-6-15(7-5-14)23(26)27/h2-11H,1H3,(H,20,24)(H,21,25). The highest BCUT2D eigenvalue weighted by atomic mass is 32.2. The highest BCUT2D eigenvalue weighted by Crippen LogP contribution is 2.15. The lowest BCUT2D eigenvalue weighted by Crippen LogP contribution is -2.41. The number of sulfone groups is 1. The van der Waals surface area contributed by atoms with E-state index < -0.39 is 26.6 Å². The van der Waals surface area contributed by atoms with Crippen LogP contribution in [-0.4, -0.2) is 41.2 Å². The second-order valence-electron chi connectivity index (χ2n) is 6.15. The molecular formula is C18H15N5O6S. The molecule has 0 aliphatic heterocycles. The van der Waals surface area contributed by atoms with E-state index in [0.29, 0.717) is 5.69 Å². The van der Waals surface area contributed by atoms with E-state index >= 15 is 0 Å². The summed E-state index contributed by atoms with van der Waals surface area (Å²) in [5.74, 6) is -1.27. The van der Waals surface area contributed by atoms with Gasteiger partial charge < -0.3 is 0 Å². The Morgan fingerprint density at radius 3 is 2.07 bits per heavy atom. The third-order valence-corrected chi connectivity index (χ3v) is 5.13. The van der Waals surface area contributed by atoms with Crippen LogP contribution in [0.25, 0.3) is 5.69 Å². The van der Waals surface area contributed by atoms with Gasteiger partial charge in [0.2, 0.25) is 0 Å². The van der Waals surface area contributed by atoms with Crippen molar-refractivity contribution in [3.63, 3.8) is 0 Å². The topological polar surface area (TPSA) is 153 Å². The Hall–Kier alpha value is -4.06. The van der Waals surface area contributed by atoms with Crippen molar-refractivity contribution in [3.05, 3.63) is 82.2 Å². The quantitative estimate of drug-likeness (QED) is 0.457. The molecule has 2 amide bonds. The normalized spacial score (nSPS) is 11.0. The molecule has 0 saturated heterocycles. The molecule has 3 rings (SSSR count). The molecule has 0 fully saturated rings. The number of hydrogen-bond donors (Lipinski definition) is 2. The zero-order valence-electron chi connectivity index (χ0n) is 15.5. The maximum atomic E-state index is 12.2. The number of nitrogens with zero attached hydrogens (tertiary/aromatic N) is 3. The molecule has 0 unspecified atom stereocenters. The van der Waals surface area contributed by atoms with Gasteiger partial charge in [-0.15, -0.1) is 0 Å². The fourth-order valence-corrected chi connectivity index (χ4v) is 3.05. The number of hydrogen-bond acceptors (Lipinski definition) is 7. The molecule has 0 aliphatic carbocycles. The van der Waals surface area contributed by atoms with Crippen LogP contribution in [0.5, 0.6) is 0 Å². The third kappa shape index (κ3) is 4.67. The summed E-state index contributed by atoms with van der Waals surface area (Å²) in [5.41, 5.74) is 5.19. The van der Waals surface area contributed by atoms with Crippen molar-refractivity contribution in [3.8, 4) is 5.69 Å². The van der Waals surface area contributed by atoms with Crippen LogP contribution in [0.15, 0.2) is 65.8 Å². The van der Waals surface area contributed by atoms with Gasteiger partial charge >= 0.3 is 0 Å². The number of nitro benzene ring substituents is 1. The van der Waals surface area contributed by atoms with Crippen molar-refractivity contribution < 1.29 is 22.9 Å². The highest BCUT2D eigenvalue weighted by molar-refractivity contribution is 7.90. The summed E-state index contributed by atoms with van der Waals surface area (Å²) in [6.07, 6.45) is 3.71. The van der Waals surface area contributed by atoms with Gasteiger partial charge in [0.25, 0.3) is 17.5 Å². The lowest BCUT2D eigenvalue weighted by Gasteiger charge is -2.07. The number of nitro groups is 1. The number of rotatable bonds is 5. The van der Waals surface area contributed by atoms with Crippen LogP contribution in [0.4, 0.5) is 5.69 Å². The van der Waals surface area contributed by atoms with Crippen LogP contribution in [0.3, 0.4) is 0 Å². The number of hydrazine groups is 1. The molecule has 0 saturated carbocycles. The first kappa shape index (κ1) is 20.7. The molecule has 2 aromatic carbocycles. The van der Waals surface area contributed by atoms with Crippen LogP contribution in [0.1, 0.15) is 20.7 Å². The second-order valence-corrected chi connectivity index (χ2v) is 8.17. The van der Waals surface area contributed by atoms with E-state index in [9.17, 15) is 28.1 Å². The Bertz CT molecular complexity index is 1220. The van der Waals surface area contributed by atoms with Crippen molar-refractivity contribution in [2.75, 3.05) is 6.26 Å². The van der Waals surface area contributed by atoms with Gasteiger partial charge in [-0.25, -0.2) is 13.1 Å². The smallest absolute Gasteiger partial charge is 0.267 e. The van der Waals surface area contributed by atoms with E-state index in [-0.39, 0.29) is 21.7 Å². The maximum absolute atomic E-state index is 12.2. The zero-order chi connectivity index (χ0) is 21.9. The Morgan fingerprint density at radius 2 is 1.53 bits per heavy atom. The number of nitrogens with one attached hydrogen (secondary N) is 2. The number of carbonyl (C=O) groups is 2. The van der Waals surface area contributed by atoms with Crippen molar-refractivity contribution in [2.45, 2.75) is 4.90 Å². The molecule has 3 aromatic rings. The van der Waals surface area contributed by atoms with Crippen molar-refractivity contribution >= 4 is 27.3 Å². The molecule has 0 atom stereocenters. The molecule has 11 nitrogen and oxygen atoms in total. The molecule has 2 N–H and O–H groups in total. The van der Waals surface area contributed by atoms with Gasteiger partial charge in [0.15, 0.2) is 9.84 Å². The summed E-state index contributed by atoms with van der Waals surface area (Å²) in [4.78, 5) is 34.6. The second kappa shape index (κ2) is 8.13. The Labute approximate surface area is 170 Å². The van der Waals surface area contributed by atoms with Crippen molar-refractivity contribution in [2.24, 2.45) is 0 Å². The third-order valence-electron chi connectivity index (χ3n) is 4.00. The largest absolute Gasteiger partial charge is 0.272 e. The van der Waals surface area contributed by atoms with Crippen molar-refractivity contribution in [1.82, 2.24) is 20.6 Å². The first-order valence-corrected chi connectivity index (χ1v) is 10.2. The fourth-order valence-electron chi connectivity index (χ4n) is 2.42. The van der Waals surface area contributed by atoms with E-state index in [2.05, 4.69) is 16.0 Å². The average molecular weight is 429 g/mol. The molecule has 154 valence electrons. The molecule has 0 bridgehead atoms. The summed E-state index contributed by atoms with van der Waals surface area (Å²) in [6.45, 7) is 0. The molecule has 30 heavy (non-hydrogen) atoms. The molecular weight excluding hydrogens is 414 g/mol. The number of aromatic nitrogens is 2. The first-order chi connectivity index (χ1) is 14.1. The zero-order valence-corrected chi connectivity index (χ0v) is 16.3. The molecule has 1 aromatic heterocycles. The molecule has 0 aliphatic rings. The Morgan fingerprint density at radius 1 is 0.967 bits per heavy atom. The SMILES string of the molecule is CS(=O)(=O)c1ccc(C(=O)NNC(=O)c2cnn(-c3ccc([N+](=O)[O-])cc3)c2)cc1. The lowest BCUT2D eigenvalue weighted by atomic mass is 10.2.